The normalized spacial score (nSPS) is 23.9. The van der Waals surface area contributed by atoms with Gasteiger partial charge in [-0.1, -0.05) is 18.6 Å². The van der Waals surface area contributed by atoms with Crippen molar-refractivity contribution in [1.82, 2.24) is 5.32 Å². The predicted octanol–water partition coefficient (Wildman–Crippen LogP) is 3.90. The first-order chi connectivity index (χ1) is 9.83. The minimum Gasteiger partial charge on any atom is -0.382 e. The van der Waals surface area contributed by atoms with Crippen molar-refractivity contribution in [1.29, 1.82) is 0 Å². The highest BCUT2D eigenvalue weighted by Crippen LogP contribution is 2.28. The molecule has 0 radical (unpaired) electrons. The minimum atomic E-state index is 0.555. The molecule has 2 N–H and O–H groups in total. The Balaban J connectivity index is 1.62. The molecule has 1 aromatic carbocycles. The molecule has 20 heavy (non-hydrogen) atoms. The lowest BCUT2D eigenvalue weighted by Gasteiger charge is -2.28. The molecule has 0 aromatic heterocycles. The fourth-order valence-electron chi connectivity index (χ4n) is 3.79. The van der Waals surface area contributed by atoms with E-state index in [1.165, 1.54) is 63.6 Å². The minimum absolute atomic E-state index is 0.555. The zero-order valence-electron chi connectivity index (χ0n) is 12.8. The summed E-state index contributed by atoms with van der Waals surface area (Å²) in [4.78, 5) is 0. The largest absolute Gasteiger partial charge is 0.382 e. The first kappa shape index (κ1) is 13.9. The van der Waals surface area contributed by atoms with E-state index >= 15 is 0 Å². The molecule has 1 saturated heterocycles. The number of hydrogen-bond donors (Lipinski definition) is 2. The van der Waals surface area contributed by atoms with Gasteiger partial charge in [0.05, 0.1) is 0 Å². The molecular weight excluding hydrogens is 244 g/mol. The highest BCUT2D eigenvalue weighted by atomic mass is 15.0. The first-order valence-corrected chi connectivity index (χ1v) is 8.43. The third-order valence-corrected chi connectivity index (χ3v) is 4.85. The van der Waals surface area contributed by atoms with Crippen molar-refractivity contribution in [2.75, 3.05) is 11.9 Å². The number of fused-ring (bicyclic) bond motifs is 1. The summed E-state index contributed by atoms with van der Waals surface area (Å²) in [5.41, 5.74) is 4.55. The number of nitrogens with one attached hydrogen (secondary N) is 2. The third kappa shape index (κ3) is 3.35. The van der Waals surface area contributed by atoms with Gasteiger partial charge in [-0.15, -0.1) is 0 Å². The van der Waals surface area contributed by atoms with Crippen LogP contribution in [0.15, 0.2) is 18.2 Å². The number of rotatable bonds is 4. The Morgan fingerprint density at radius 2 is 2.10 bits per heavy atom. The van der Waals surface area contributed by atoms with Gasteiger partial charge in [0.2, 0.25) is 0 Å². The molecule has 1 fully saturated rings. The lowest BCUT2D eigenvalue weighted by atomic mass is 9.90. The van der Waals surface area contributed by atoms with Crippen LogP contribution in [0.2, 0.25) is 0 Å². The molecule has 0 spiro atoms. The molecule has 110 valence electrons. The van der Waals surface area contributed by atoms with E-state index in [-0.39, 0.29) is 0 Å². The maximum Gasteiger partial charge on any atom is 0.0377 e. The Morgan fingerprint density at radius 3 is 2.95 bits per heavy atom. The maximum absolute atomic E-state index is 3.78. The van der Waals surface area contributed by atoms with Crippen LogP contribution in [-0.4, -0.2) is 18.6 Å². The predicted molar refractivity (Wildman–Crippen MR) is 86.4 cm³/mol. The van der Waals surface area contributed by atoms with Crippen molar-refractivity contribution >= 4 is 5.69 Å². The zero-order chi connectivity index (χ0) is 13.8. The zero-order valence-corrected chi connectivity index (χ0v) is 12.8. The van der Waals surface area contributed by atoms with Gasteiger partial charge in [-0.05, 0) is 75.6 Å². The van der Waals surface area contributed by atoms with E-state index in [0.29, 0.717) is 12.1 Å². The summed E-state index contributed by atoms with van der Waals surface area (Å²) in [6, 6.07) is 8.07. The van der Waals surface area contributed by atoms with Crippen molar-refractivity contribution in [3.05, 3.63) is 29.3 Å². The van der Waals surface area contributed by atoms with Crippen LogP contribution in [0.5, 0.6) is 0 Å². The molecular formula is C18H28N2. The van der Waals surface area contributed by atoms with E-state index in [2.05, 4.69) is 35.8 Å². The van der Waals surface area contributed by atoms with Gasteiger partial charge in [-0.25, -0.2) is 0 Å². The summed E-state index contributed by atoms with van der Waals surface area (Å²) < 4.78 is 0. The van der Waals surface area contributed by atoms with E-state index in [4.69, 9.17) is 0 Å². The molecule has 2 heteroatoms. The van der Waals surface area contributed by atoms with Crippen LogP contribution in [0.25, 0.3) is 0 Å². The molecule has 1 aliphatic carbocycles. The number of benzene rings is 1. The number of anilines is 1. The van der Waals surface area contributed by atoms with Crippen molar-refractivity contribution in [3.63, 3.8) is 0 Å². The Kier molecular flexibility index (Phi) is 4.62. The Morgan fingerprint density at radius 1 is 1.20 bits per heavy atom. The van der Waals surface area contributed by atoms with Crippen molar-refractivity contribution in [3.8, 4) is 0 Å². The molecule has 1 aliphatic heterocycles. The van der Waals surface area contributed by atoms with Crippen LogP contribution in [0.4, 0.5) is 5.69 Å². The van der Waals surface area contributed by atoms with Gasteiger partial charge < -0.3 is 10.6 Å². The lowest BCUT2D eigenvalue weighted by molar-refractivity contribution is 0.371. The summed E-state index contributed by atoms with van der Waals surface area (Å²) >= 11 is 0. The number of aryl methyl sites for hydroxylation is 1. The fourth-order valence-corrected chi connectivity index (χ4v) is 3.79. The molecule has 1 aromatic rings. The van der Waals surface area contributed by atoms with Crippen LogP contribution >= 0.6 is 0 Å². The molecule has 2 atom stereocenters. The van der Waals surface area contributed by atoms with Crippen LogP contribution in [0.3, 0.4) is 0 Å². The van der Waals surface area contributed by atoms with Gasteiger partial charge in [-0.2, -0.15) is 0 Å². The summed E-state index contributed by atoms with van der Waals surface area (Å²) in [5, 5.41) is 7.44. The van der Waals surface area contributed by atoms with E-state index in [1.54, 1.807) is 11.1 Å². The van der Waals surface area contributed by atoms with Gasteiger partial charge in [0, 0.05) is 17.8 Å². The van der Waals surface area contributed by atoms with Gasteiger partial charge in [0.1, 0.15) is 0 Å². The quantitative estimate of drug-likeness (QED) is 0.868. The van der Waals surface area contributed by atoms with Crippen molar-refractivity contribution in [2.24, 2.45) is 0 Å². The van der Waals surface area contributed by atoms with Crippen LogP contribution < -0.4 is 10.6 Å². The SMILES string of the molecule is CC(CC1CCCCN1)Nc1cccc2c1CCCC2. The van der Waals surface area contributed by atoms with Crippen LogP contribution in [0, 0.1) is 0 Å². The van der Waals surface area contributed by atoms with Crippen LogP contribution in [-0.2, 0) is 12.8 Å². The lowest BCUT2D eigenvalue weighted by Crippen LogP contribution is -2.37. The van der Waals surface area contributed by atoms with E-state index in [9.17, 15) is 0 Å². The van der Waals surface area contributed by atoms with Gasteiger partial charge in [-0.3, -0.25) is 0 Å². The molecule has 1 heterocycles. The van der Waals surface area contributed by atoms with Gasteiger partial charge in [0.15, 0.2) is 0 Å². The monoisotopic (exact) mass is 272 g/mol. The highest BCUT2D eigenvalue weighted by molar-refractivity contribution is 5.56. The van der Waals surface area contributed by atoms with Crippen molar-refractivity contribution < 1.29 is 0 Å². The van der Waals surface area contributed by atoms with Gasteiger partial charge >= 0.3 is 0 Å². The molecule has 0 amide bonds. The highest BCUT2D eigenvalue weighted by Gasteiger charge is 2.18. The van der Waals surface area contributed by atoms with E-state index in [1.807, 2.05) is 0 Å². The van der Waals surface area contributed by atoms with Crippen molar-refractivity contribution in [2.45, 2.75) is 70.4 Å². The standard InChI is InChI=1S/C18H28N2/c1-14(13-16-9-4-5-12-19-16)20-18-11-6-8-15-7-2-3-10-17(15)18/h6,8,11,14,16,19-20H,2-5,7,9-10,12-13H2,1H3. The van der Waals surface area contributed by atoms with E-state index < -0.39 is 0 Å². The fraction of sp³-hybridized carbons (Fsp3) is 0.667. The number of piperidine rings is 1. The average molecular weight is 272 g/mol. The summed E-state index contributed by atoms with van der Waals surface area (Å²) in [5.74, 6) is 0. The second kappa shape index (κ2) is 6.62. The topological polar surface area (TPSA) is 24.1 Å². The first-order valence-electron chi connectivity index (χ1n) is 8.43. The third-order valence-electron chi connectivity index (χ3n) is 4.85. The van der Waals surface area contributed by atoms with E-state index in [0.717, 1.165) is 0 Å². The molecule has 3 rings (SSSR count). The molecule has 2 aliphatic rings. The Labute approximate surface area is 123 Å². The van der Waals surface area contributed by atoms with Crippen LogP contribution in [0.1, 0.15) is 56.6 Å². The summed E-state index contributed by atoms with van der Waals surface area (Å²) in [6.07, 6.45) is 10.6. The molecule has 2 nitrogen and oxygen atoms in total. The Bertz CT molecular complexity index is 435. The summed E-state index contributed by atoms with van der Waals surface area (Å²) in [6.45, 7) is 3.54. The molecule has 0 bridgehead atoms. The molecule has 0 saturated carbocycles. The number of hydrogen-bond acceptors (Lipinski definition) is 2. The summed E-state index contributed by atoms with van der Waals surface area (Å²) in [7, 11) is 0. The average Bonchev–Trinajstić information content (AvgIpc) is 2.48. The second-order valence-corrected chi connectivity index (χ2v) is 6.58. The van der Waals surface area contributed by atoms with Gasteiger partial charge in [0.25, 0.3) is 0 Å². The molecule has 2 unspecified atom stereocenters. The second-order valence-electron chi connectivity index (χ2n) is 6.58. The Hall–Kier alpha value is -1.02. The maximum atomic E-state index is 3.78. The smallest absolute Gasteiger partial charge is 0.0377 e.